The number of methoxy groups -OCH3 is 1. The number of H-pyrrole nitrogens is 2. The molecule has 3 saturated heterocycles. The van der Waals surface area contributed by atoms with Crippen LogP contribution in [0, 0.1) is 11.8 Å². The second-order valence-corrected chi connectivity index (χ2v) is 18.4. The number of imidazole rings is 2. The van der Waals surface area contributed by atoms with Gasteiger partial charge in [0, 0.05) is 36.6 Å². The lowest BCUT2D eigenvalue weighted by Crippen LogP contribution is -2.51. The molecule has 3 aliphatic heterocycles. The van der Waals surface area contributed by atoms with Crippen LogP contribution < -0.4 is 15.5 Å². The Kier molecular flexibility index (Phi) is 13.8. The van der Waals surface area contributed by atoms with E-state index in [0.717, 1.165) is 41.2 Å². The van der Waals surface area contributed by atoms with Crippen molar-refractivity contribution in [2.75, 3.05) is 25.1 Å². The fourth-order valence-corrected chi connectivity index (χ4v) is 9.93. The molecular weight excluding hydrogens is 882 g/mol. The summed E-state index contributed by atoms with van der Waals surface area (Å²) in [5, 5.41) is 14.4. The van der Waals surface area contributed by atoms with E-state index in [2.05, 4.69) is 30.5 Å². The van der Waals surface area contributed by atoms with E-state index in [9.17, 15) is 37.5 Å². The Bertz CT molecular complexity index is 2580. The number of amides is 4. The molecule has 360 valence electrons. The fraction of sp³-hybridized carbons (Fsp3) is 0.449. The third-order valence-electron chi connectivity index (χ3n) is 13.4. The summed E-state index contributed by atoms with van der Waals surface area (Å²) in [6.07, 6.45) is 2.75. The van der Waals surface area contributed by atoms with Crippen molar-refractivity contribution in [1.82, 2.24) is 45.4 Å². The highest BCUT2D eigenvalue weighted by Gasteiger charge is 2.40. The van der Waals surface area contributed by atoms with Gasteiger partial charge in [0.1, 0.15) is 29.4 Å². The summed E-state index contributed by atoms with van der Waals surface area (Å²) in [5.74, 6) is 0.378. The number of anilines is 1. The van der Waals surface area contributed by atoms with Crippen LogP contribution in [-0.2, 0) is 20.5 Å². The minimum atomic E-state index is -4.59. The normalized spacial score (nSPS) is 20.5. The van der Waals surface area contributed by atoms with Crippen LogP contribution >= 0.6 is 0 Å². The molecule has 8 rings (SSSR count). The number of carboxylic acid groups (broad SMARTS) is 1. The quantitative estimate of drug-likeness (QED) is 0.0759. The van der Waals surface area contributed by atoms with Crippen molar-refractivity contribution in [2.24, 2.45) is 11.8 Å². The first kappa shape index (κ1) is 47.6. The van der Waals surface area contributed by atoms with Gasteiger partial charge in [-0.1, -0.05) is 76.2 Å². The van der Waals surface area contributed by atoms with Gasteiger partial charge in [0.2, 0.25) is 11.8 Å². The Labute approximate surface area is 392 Å². The Hall–Kier alpha value is -6.92. The van der Waals surface area contributed by atoms with Crippen molar-refractivity contribution in [2.45, 2.75) is 109 Å². The number of carbonyl (C=O) groups excluding carboxylic acids is 3. The van der Waals surface area contributed by atoms with Crippen molar-refractivity contribution in [3.8, 4) is 22.5 Å². The maximum atomic E-state index is 13.7. The Morgan fingerprint density at radius 2 is 1.16 bits per heavy atom. The average molecular weight is 939 g/mol. The zero-order valence-electron chi connectivity index (χ0n) is 38.6. The van der Waals surface area contributed by atoms with Crippen LogP contribution in [-0.4, -0.2) is 96.1 Å². The molecule has 0 unspecified atom stereocenters. The smallest absolute Gasteiger partial charge is 0.433 e. The molecule has 4 amide bonds. The van der Waals surface area contributed by atoms with Crippen LogP contribution in [0.3, 0.4) is 0 Å². The molecule has 5 aromatic rings. The zero-order valence-corrected chi connectivity index (χ0v) is 38.6. The first-order valence-corrected chi connectivity index (χ1v) is 23.1. The molecule has 6 heterocycles. The summed E-state index contributed by atoms with van der Waals surface area (Å²) in [6.45, 7) is 8.36. The Balaban J connectivity index is 1.00. The van der Waals surface area contributed by atoms with Gasteiger partial charge in [0.05, 0.1) is 54.5 Å². The largest absolute Gasteiger partial charge is 0.465 e. The number of rotatable bonds is 13. The molecule has 68 heavy (non-hydrogen) atoms. The molecule has 6 atom stereocenters. The van der Waals surface area contributed by atoms with Crippen LogP contribution in [0.1, 0.15) is 119 Å². The van der Waals surface area contributed by atoms with Crippen LogP contribution in [0.2, 0.25) is 0 Å². The second-order valence-electron chi connectivity index (χ2n) is 18.4. The van der Waals surface area contributed by atoms with E-state index < -0.39 is 36.1 Å². The molecule has 3 aromatic heterocycles. The first-order valence-electron chi connectivity index (χ1n) is 23.1. The minimum Gasteiger partial charge on any atom is -0.465 e. The topological polar surface area (TPSA) is 202 Å². The average Bonchev–Trinajstić information content (AvgIpc) is 4.18. The van der Waals surface area contributed by atoms with Gasteiger partial charge in [-0.15, -0.1) is 0 Å². The second kappa shape index (κ2) is 19.7. The number of alkyl halides is 3. The van der Waals surface area contributed by atoms with Crippen molar-refractivity contribution < 1.29 is 42.2 Å². The molecule has 5 N–H and O–H groups in total. The summed E-state index contributed by atoms with van der Waals surface area (Å²) in [5.41, 5.74) is 4.56. The van der Waals surface area contributed by atoms with Gasteiger partial charge in [-0.05, 0) is 73.6 Å². The van der Waals surface area contributed by atoms with E-state index in [1.165, 1.54) is 19.4 Å². The predicted octanol–water partition coefficient (Wildman–Crippen LogP) is 8.96. The first-order chi connectivity index (χ1) is 32.5. The summed E-state index contributed by atoms with van der Waals surface area (Å²) in [7, 11) is 1.26. The molecule has 0 radical (unpaired) electrons. The van der Waals surface area contributed by atoms with Crippen LogP contribution in [0.25, 0.3) is 22.5 Å². The number of carbonyl (C=O) groups is 4. The zero-order chi connectivity index (χ0) is 48.4. The highest BCUT2D eigenvalue weighted by atomic mass is 19.4. The van der Waals surface area contributed by atoms with Crippen molar-refractivity contribution in [3.05, 3.63) is 108 Å². The molecule has 2 aromatic carbocycles. The number of nitrogens with one attached hydrogen (secondary N) is 4. The highest BCUT2D eigenvalue weighted by molar-refractivity contribution is 5.87. The Morgan fingerprint density at radius 3 is 1.56 bits per heavy atom. The summed E-state index contributed by atoms with van der Waals surface area (Å²) < 4.78 is 45.8. The van der Waals surface area contributed by atoms with E-state index >= 15 is 0 Å². The molecule has 16 nitrogen and oxygen atoms in total. The number of pyridine rings is 1. The number of alkyl carbamates (subject to hydrolysis) is 1. The molecule has 0 aliphatic carbocycles. The summed E-state index contributed by atoms with van der Waals surface area (Å²) in [4.78, 5) is 76.5. The van der Waals surface area contributed by atoms with Gasteiger partial charge in [-0.3, -0.25) is 9.59 Å². The number of likely N-dealkylation sites (tertiary alicyclic amines) is 2. The van der Waals surface area contributed by atoms with E-state index in [1.54, 1.807) is 29.8 Å². The lowest BCUT2D eigenvalue weighted by molar-refractivity contribution is -0.141. The molecule has 0 spiro atoms. The molecular formula is C49H57F3N10O6. The monoisotopic (exact) mass is 938 g/mol. The van der Waals surface area contributed by atoms with E-state index in [-0.39, 0.29) is 47.8 Å². The maximum absolute atomic E-state index is 13.7. The van der Waals surface area contributed by atoms with Gasteiger partial charge in [0.15, 0.2) is 0 Å². The van der Waals surface area contributed by atoms with E-state index in [0.29, 0.717) is 67.5 Å². The fourth-order valence-electron chi connectivity index (χ4n) is 9.93. The lowest BCUT2D eigenvalue weighted by atomic mass is 10.0. The molecule has 3 aliphatic rings. The molecule has 0 bridgehead atoms. The SMILES string of the molecule is COC(=O)N[C@H](C(=O)N1CCC[C@H]1c1nc(-c2ccc([C@@H]3CC[C@@H](c4ccc(-c5c[nH]c([C@@H]6CCCN6C(=O)[C@@H](NC(=O)O)C(C)C)n5)cc4)N3c3ccc(C(F)(F)F)nc3)cc2)c[nH]1)C(C)C. The highest BCUT2D eigenvalue weighted by Crippen LogP contribution is 2.48. The number of aromatic amines is 2. The minimum absolute atomic E-state index is 0.162. The predicted molar refractivity (Wildman–Crippen MR) is 246 cm³/mol. The standard InChI is InChI=1S/C49H57F3N10O6/c1-27(2)41(58-47(65)66)45(63)60-22-6-8-38(60)43-54-25-34(56-43)29-10-14-31(15-11-29)36-19-20-37(62(36)33-18-21-40(53-24-33)49(50,51)52)32-16-12-30(13-17-32)35-26-55-44(57-35)39-9-7-23-61(39)46(64)42(28(3)4)59-48(67)68-5/h10-18,21,24-28,36-39,41-42,58H,6-9,19-20,22-23H2,1-5H3,(H,54,56)(H,55,57)(H,59,67)(H,65,66)/t36-,37-,38-,39-,41-,42-/m0/s1. The number of hydrogen-bond donors (Lipinski definition) is 5. The molecule has 3 fully saturated rings. The third kappa shape index (κ3) is 9.87. The van der Waals surface area contributed by atoms with Gasteiger partial charge in [-0.25, -0.2) is 24.5 Å². The summed E-state index contributed by atoms with van der Waals surface area (Å²) in [6, 6.07) is 15.8. The van der Waals surface area contributed by atoms with Gasteiger partial charge < -0.3 is 45.1 Å². The number of benzene rings is 2. The van der Waals surface area contributed by atoms with Crippen molar-refractivity contribution in [3.63, 3.8) is 0 Å². The number of hydrogen-bond acceptors (Lipinski definition) is 9. The van der Waals surface area contributed by atoms with Crippen molar-refractivity contribution in [1.29, 1.82) is 0 Å². The van der Waals surface area contributed by atoms with E-state index in [4.69, 9.17) is 14.7 Å². The molecule has 19 heteroatoms. The third-order valence-corrected chi connectivity index (χ3v) is 13.4. The number of ether oxygens (including phenoxy) is 1. The van der Waals surface area contributed by atoms with E-state index in [1.807, 2.05) is 68.6 Å². The van der Waals surface area contributed by atoms with Gasteiger partial charge in [0.25, 0.3) is 0 Å². The van der Waals surface area contributed by atoms with Crippen LogP contribution in [0.4, 0.5) is 28.4 Å². The summed E-state index contributed by atoms with van der Waals surface area (Å²) >= 11 is 0. The van der Waals surface area contributed by atoms with Gasteiger partial charge >= 0.3 is 18.4 Å². The molecule has 0 saturated carbocycles. The number of nitrogens with zero attached hydrogens (tertiary/aromatic N) is 6. The van der Waals surface area contributed by atoms with Gasteiger partial charge in [-0.2, -0.15) is 13.2 Å². The lowest BCUT2D eigenvalue weighted by Gasteiger charge is -2.33. The Morgan fingerprint density at radius 1 is 0.691 bits per heavy atom. The van der Waals surface area contributed by atoms with Crippen LogP contribution in [0.5, 0.6) is 0 Å². The van der Waals surface area contributed by atoms with Crippen LogP contribution in [0.15, 0.2) is 79.3 Å². The van der Waals surface area contributed by atoms with Crippen molar-refractivity contribution >= 4 is 29.7 Å². The maximum Gasteiger partial charge on any atom is 0.433 e. The number of halogens is 3. The number of aromatic nitrogens is 5.